The largest absolute Gasteiger partial charge is 3.00 e. The first-order valence-corrected chi connectivity index (χ1v) is 4.46. The minimum absolute atomic E-state index is 0. The zero-order valence-electron chi connectivity index (χ0n) is 9.69. The van der Waals surface area contributed by atoms with E-state index in [0.717, 1.165) is 11.4 Å². The summed E-state index contributed by atoms with van der Waals surface area (Å²) in [6.07, 6.45) is 3.54. The minimum atomic E-state index is 0. The van der Waals surface area contributed by atoms with Gasteiger partial charge in [0.1, 0.15) is 0 Å². The summed E-state index contributed by atoms with van der Waals surface area (Å²) < 4.78 is 0. The predicted octanol–water partition coefficient (Wildman–Crippen LogP) is 2.43. The van der Waals surface area contributed by atoms with Crippen LogP contribution in [0.5, 0.6) is 0 Å². The van der Waals surface area contributed by atoms with Gasteiger partial charge in [-0.05, 0) is 24.3 Å². The summed E-state index contributed by atoms with van der Waals surface area (Å²) in [6, 6.07) is 11.6. The quantitative estimate of drug-likeness (QED) is 0.752. The molecule has 0 amide bonds. The van der Waals surface area contributed by atoms with Gasteiger partial charge in [0.2, 0.25) is 0 Å². The van der Waals surface area contributed by atoms with Crippen LogP contribution in [0, 0.1) is 35.5 Å². The first-order chi connectivity index (χ1) is 8.97. The molecule has 2 heterocycles. The number of nitrogens with zero attached hydrogens (tertiary/aromatic N) is 5. The van der Waals surface area contributed by atoms with E-state index >= 15 is 0 Å². The molecule has 0 spiro atoms. The molecule has 0 saturated carbocycles. The second-order valence-corrected chi connectivity index (χ2v) is 2.43. The van der Waals surface area contributed by atoms with E-state index in [2.05, 4.69) is 9.97 Å². The smallest absolute Gasteiger partial charge is 0.512 e. The Balaban J connectivity index is -0.000000325. The first kappa shape index (κ1) is 21.5. The van der Waals surface area contributed by atoms with Gasteiger partial charge in [-0.15, -0.1) is 0 Å². The molecule has 2 rings (SSSR count). The molecule has 0 saturated heterocycles. The van der Waals surface area contributed by atoms with Crippen LogP contribution in [0.2, 0.25) is 0 Å². The van der Waals surface area contributed by atoms with Crippen LogP contribution < -0.4 is 0 Å². The summed E-state index contributed by atoms with van der Waals surface area (Å²) in [5, 5.41) is 18.8. The Kier molecular flexibility index (Phi) is 20.0. The van der Waals surface area contributed by atoms with E-state index < -0.39 is 0 Å². The fourth-order valence-electron chi connectivity index (χ4n) is 1.03. The number of hydrogen-bond donors (Lipinski definition) is 0. The summed E-state index contributed by atoms with van der Waals surface area (Å²) in [5.74, 6) is 0. The molecular formula is C13H8CoN5. The monoisotopic (exact) mass is 293 g/mol. The topological polar surface area (TPSA) is 97.2 Å². The standard InChI is InChI=1S/C10H8N2.3CN.Co/c1-3-7-11-9(5-1)10-6-2-4-8-12-10;3*1-2;/h1-8H;;;;/q;3*-1;+3. The Morgan fingerprint density at radius 3 is 1.16 bits per heavy atom. The Hall–Kier alpha value is -2.72. The first-order valence-electron chi connectivity index (χ1n) is 4.46. The third-order valence-electron chi connectivity index (χ3n) is 1.59. The van der Waals surface area contributed by atoms with Crippen molar-refractivity contribution < 1.29 is 16.8 Å². The van der Waals surface area contributed by atoms with Crippen molar-refractivity contribution in [2.45, 2.75) is 0 Å². The summed E-state index contributed by atoms with van der Waals surface area (Å²) in [4.78, 5) is 8.37. The molecule has 0 unspecified atom stereocenters. The molecular weight excluding hydrogens is 285 g/mol. The molecule has 0 fully saturated rings. The second-order valence-electron chi connectivity index (χ2n) is 2.43. The van der Waals surface area contributed by atoms with Crippen molar-refractivity contribution in [2.75, 3.05) is 0 Å². The molecule has 2 aromatic heterocycles. The van der Waals surface area contributed by atoms with Crippen LogP contribution in [-0.2, 0) is 16.8 Å². The van der Waals surface area contributed by atoms with Gasteiger partial charge < -0.3 is 35.5 Å². The molecule has 5 nitrogen and oxygen atoms in total. The van der Waals surface area contributed by atoms with Gasteiger partial charge in [-0.3, -0.25) is 9.97 Å². The minimum Gasteiger partial charge on any atom is -0.512 e. The molecule has 0 aliphatic carbocycles. The van der Waals surface area contributed by atoms with Gasteiger partial charge in [0.05, 0.1) is 11.4 Å². The number of pyridine rings is 2. The van der Waals surface area contributed by atoms with E-state index in [-0.39, 0.29) is 16.8 Å². The maximum atomic E-state index is 6.25. The summed E-state index contributed by atoms with van der Waals surface area (Å²) in [6.45, 7) is 14.2. The van der Waals surface area contributed by atoms with Crippen molar-refractivity contribution in [1.29, 1.82) is 15.8 Å². The molecule has 6 heteroatoms. The van der Waals surface area contributed by atoms with Crippen LogP contribution in [0.15, 0.2) is 48.8 Å². The fraction of sp³-hybridized carbons (Fsp3) is 0. The van der Waals surface area contributed by atoms with Crippen molar-refractivity contribution in [3.8, 4) is 11.4 Å². The van der Waals surface area contributed by atoms with Crippen LogP contribution in [0.25, 0.3) is 11.4 Å². The normalized spacial score (nSPS) is 6.42. The molecule has 0 aromatic carbocycles. The summed E-state index contributed by atoms with van der Waals surface area (Å²) >= 11 is 0. The number of hydrogen-bond acceptors (Lipinski definition) is 5. The molecule has 0 atom stereocenters. The third kappa shape index (κ3) is 9.02. The fourth-order valence-corrected chi connectivity index (χ4v) is 1.03. The van der Waals surface area contributed by atoms with Gasteiger partial charge >= 0.3 is 16.8 Å². The van der Waals surface area contributed by atoms with E-state index in [9.17, 15) is 0 Å². The van der Waals surface area contributed by atoms with Gasteiger partial charge in [0, 0.05) is 12.4 Å². The van der Waals surface area contributed by atoms with Crippen molar-refractivity contribution >= 4 is 0 Å². The van der Waals surface area contributed by atoms with Gasteiger partial charge in [-0.25, -0.2) is 0 Å². The van der Waals surface area contributed by atoms with Gasteiger partial charge in [0.25, 0.3) is 0 Å². The van der Waals surface area contributed by atoms with Crippen molar-refractivity contribution in [3.05, 3.63) is 68.5 Å². The zero-order chi connectivity index (χ0) is 14.2. The van der Waals surface area contributed by atoms with Crippen molar-refractivity contribution in [3.63, 3.8) is 0 Å². The average Bonchev–Trinajstić information content (AvgIpc) is 2.55. The second kappa shape index (κ2) is 17.7. The molecule has 19 heavy (non-hydrogen) atoms. The molecule has 2 aromatic rings. The SMILES string of the molecule is [C-]#N.[C-]#N.[C-]#N.[Co+3].c1ccc(-c2ccccn2)nc1. The molecule has 0 aliphatic rings. The van der Waals surface area contributed by atoms with E-state index in [0.29, 0.717) is 0 Å². The van der Waals surface area contributed by atoms with Crippen LogP contribution in [0.4, 0.5) is 0 Å². The third-order valence-corrected chi connectivity index (χ3v) is 1.59. The Bertz CT molecular complexity index is 413. The van der Waals surface area contributed by atoms with Crippen molar-refractivity contribution in [1.82, 2.24) is 9.97 Å². The van der Waals surface area contributed by atoms with Gasteiger partial charge in [-0.2, -0.15) is 0 Å². The summed E-state index contributed by atoms with van der Waals surface area (Å²) in [7, 11) is 0. The zero-order valence-corrected chi connectivity index (χ0v) is 10.7. The average molecular weight is 293 g/mol. The summed E-state index contributed by atoms with van der Waals surface area (Å²) in [5.41, 5.74) is 1.83. The van der Waals surface area contributed by atoms with E-state index in [1.54, 1.807) is 12.4 Å². The maximum Gasteiger partial charge on any atom is 3.00 e. The Morgan fingerprint density at radius 2 is 0.947 bits per heavy atom. The number of rotatable bonds is 1. The molecule has 0 bridgehead atoms. The molecule has 0 N–H and O–H groups in total. The van der Waals surface area contributed by atoms with Crippen LogP contribution >= 0.6 is 0 Å². The van der Waals surface area contributed by atoms with Crippen LogP contribution in [-0.4, -0.2) is 9.97 Å². The van der Waals surface area contributed by atoms with Crippen molar-refractivity contribution in [2.24, 2.45) is 0 Å². The Morgan fingerprint density at radius 1 is 0.632 bits per heavy atom. The van der Waals surface area contributed by atoms with E-state index in [1.165, 1.54) is 0 Å². The Labute approximate surface area is 123 Å². The van der Waals surface area contributed by atoms with E-state index in [4.69, 9.17) is 35.5 Å². The predicted molar refractivity (Wildman–Crippen MR) is 62.4 cm³/mol. The van der Waals surface area contributed by atoms with E-state index in [1.807, 2.05) is 36.4 Å². The van der Waals surface area contributed by atoms with Crippen LogP contribution in [0.3, 0.4) is 0 Å². The van der Waals surface area contributed by atoms with Crippen LogP contribution in [0.1, 0.15) is 0 Å². The number of aromatic nitrogens is 2. The molecule has 94 valence electrons. The van der Waals surface area contributed by atoms with Gasteiger partial charge in [-0.1, -0.05) is 12.1 Å². The van der Waals surface area contributed by atoms with Gasteiger partial charge in [0.15, 0.2) is 0 Å². The molecule has 0 radical (unpaired) electrons. The molecule has 0 aliphatic heterocycles. The maximum absolute atomic E-state index is 6.25.